The Morgan fingerprint density at radius 3 is 2.56 bits per heavy atom. The van der Waals surface area contributed by atoms with Gasteiger partial charge in [-0.05, 0) is 41.5 Å². The van der Waals surface area contributed by atoms with E-state index < -0.39 is 24.5 Å². The van der Waals surface area contributed by atoms with Gasteiger partial charge in [-0.1, -0.05) is 30.3 Å². The number of aromatic amines is 1. The van der Waals surface area contributed by atoms with Gasteiger partial charge >= 0.3 is 6.18 Å². The summed E-state index contributed by atoms with van der Waals surface area (Å²) >= 11 is 5.30. The molecule has 0 fully saturated rings. The molecule has 1 heterocycles. The maximum atomic E-state index is 12.6. The highest BCUT2D eigenvalue weighted by Gasteiger charge is 2.27. The number of alkyl halides is 3. The third-order valence-electron chi connectivity index (χ3n) is 4.68. The molecule has 0 radical (unpaired) electrons. The lowest BCUT2D eigenvalue weighted by Gasteiger charge is -2.20. The number of nitrogens with zero attached hydrogens (tertiary/aromatic N) is 1. The van der Waals surface area contributed by atoms with Crippen LogP contribution in [-0.2, 0) is 17.6 Å². The van der Waals surface area contributed by atoms with Crippen molar-refractivity contribution in [3.8, 4) is 6.07 Å². The van der Waals surface area contributed by atoms with E-state index in [-0.39, 0.29) is 17.2 Å². The minimum absolute atomic E-state index is 0.130. The Morgan fingerprint density at radius 2 is 1.88 bits per heavy atom. The van der Waals surface area contributed by atoms with E-state index in [0.29, 0.717) is 12.1 Å². The Balaban J connectivity index is 1.69. The number of thiocarbonyl (C=S) groups is 1. The molecular formula is C22H20F3N5OS. The number of hydrogen-bond donors (Lipinski definition) is 4. The fourth-order valence-electron chi connectivity index (χ4n) is 3.24. The summed E-state index contributed by atoms with van der Waals surface area (Å²) in [5, 5.41) is 18.2. The molecule has 2 aromatic carbocycles. The maximum absolute atomic E-state index is 12.6. The monoisotopic (exact) mass is 459 g/mol. The summed E-state index contributed by atoms with van der Waals surface area (Å²) in [6.45, 7) is -0.147. The van der Waals surface area contributed by atoms with Crippen LogP contribution in [0.5, 0.6) is 0 Å². The zero-order valence-corrected chi connectivity index (χ0v) is 17.6. The molecule has 0 spiro atoms. The van der Waals surface area contributed by atoms with Crippen LogP contribution < -0.4 is 16.0 Å². The lowest BCUT2D eigenvalue weighted by molar-refractivity contribution is -0.127. The molecule has 3 aromatic rings. The number of carbonyl (C=O) groups excluding carboxylic acids is 1. The van der Waals surface area contributed by atoms with Crippen molar-refractivity contribution < 1.29 is 18.0 Å². The molecule has 1 atom stereocenters. The van der Waals surface area contributed by atoms with E-state index in [2.05, 4.69) is 20.9 Å². The Morgan fingerprint density at radius 1 is 1.16 bits per heavy atom. The van der Waals surface area contributed by atoms with Gasteiger partial charge in [0.25, 0.3) is 0 Å². The molecule has 0 aliphatic carbocycles. The van der Waals surface area contributed by atoms with Gasteiger partial charge in [-0.3, -0.25) is 4.79 Å². The molecular weight excluding hydrogens is 439 g/mol. The first-order chi connectivity index (χ1) is 15.2. The van der Waals surface area contributed by atoms with E-state index in [1.54, 1.807) is 0 Å². The fourth-order valence-corrected chi connectivity index (χ4v) is 3.50. The zero-order valence-electron chi connectivity index (χ0n) is 16.8. The van der Waals surface area contributed by atoms with Gasteiger partial charge in [0.15, 0.2) is 5.11 Å². The van der Waals surface area contributed by atoms with Crippen LogP contribution in [0.3, 0.4) is 0 Å². The van der Waals surface area contributed by atoms with Crippen molar-refractivity contribution in [3.05, 3.63) is 65.9 Å². The van der Waals surface area contributed by atoms with Gasteiger partial charge in [0.05, 0.1) is 12.5 Å². The predicted octanol–water partition coefficient (Wildman–Crippen LogP) is 3.81. The van der Waals surface area contributed by atoms with E-state index in [1.807, 2.05) is 36.5 Å². The van der Waals surface area contributed by atoms with Crippen molar-refractivity contribution in [1.29, 1.82) is 5.26 Å². The van der Waals surface area contributed by atoms with Crippen molar-refractivity contribution in [2.75, 3.05) is 11.9 Å². The average Bonchev–Trinajstić information content (AvgIpc) is 3.15. The van der Waals surface area contributed by atoms with Crippen LogP contribution in [0, 0.1) is 11.3 Å². The molecule has 1 amide bonds. The first-order valence-electron chi connectivity index (χ1n) is 9.68. The quantitative estimate of drug-likeness (QED) is 0.319. The number of halogens is 3. The number of benzene rings is 2. The highest BCUT2D eigenvalue weighted by Crippen LogP contribution is 2.22. The van der Waals surface area contributed by atoms with Gasteiger partial charge in [-0.2, -0.15) is 18.4 Å². The second-order valence-corrected chi connectivity index (χ2v) is 7.49. The highest BCUT2D eigenvalue weighted by atomic mass is 32.1. The molecule has 166 valence electrons. The predicted molar refractivity (Wildman–Crippen MR) is 120 cm³/mol. The summed E-state index contributed by atoms with van der Waals surface area (Å²) in [5.41, 5.74) is 2.44. The number of H-pyrrole nitrogens is 1. The molecule has 4 N–H and O–H groups in total. The number of carbonyl (C=O) groups is 1. The van der Waals surface area contributed by atoms with Crippen LogP contribution in [-0.4, -0.2) is 34.8 Å². The maximum Gasteiger partial charge on any atom is 0.393 e. The van der Waals surface area contributed by atoms with Gasteiger partial charge in [0.1, 0.15) is 12.6 Å². The van der Waals surface area contributed by atoms with Gasteiger partial charge in [0.2, 0.25) is 5.91 Å². The summed E-state index contributed by atoms with van der Waals surface area (Å²) in [4.78, 5) is 15.8. The van der Waals surface area contributed by atoms with E-state index in [1.165, 1.54) is 24.3 Å². The number of hydrogen-bond acceptors (Lipinski definition) is 3. The molecule has 10 heteroatoms. The Labute approximate surface area is 187 Å². The van der Waals surface area contributed by atoms with Crippen LogP contribution in [0.4, 0.5) is 18.9 Å². The standard InChI is InChI=1S/C22H20F3N5OS/c23-22(24,25)12-14-5-7-16(8-6-14)29-21(32)30-19(20(31)27-10-9-26)11-15-13-28-18-4-2-1-3-17(15)18/h1-8,13,19,28H,10-12H2,(H,27,31)(H2,29,30,32). The molecule has 32 heavy (non-hydrogen) atoms. The zero-order chi connectivity index (χ0) is 23.1. The number of nitriles is 1. The molecule has 0 aliphatic rings. The van der Waals surface area contributed by atoms with Crippen LogP contribution in [0.25, 0.3) is 10.9 Å². The normalized spacial score (nSPS) is 12.1. The number of nitrogens with one attached hydrogen (secondary N) is 4. The Hall–Kier alpha value is -3.58. The molecule has 0 saturated carbocycles. The molecule has 1 aromatic heterocycles. The average molecular weight is 459 g/mol. The third kappa shape index (κ3) is 6.46. The van der Waals surface area contributed by atoms with E-state index in [9.17, 15) is 18.0 Å². The van der Waals surface area contributed by atoms with Crippen molar-refractivity contribution >= 4 is 39.8 Å². The van der Waals surface area contributed by atoms with Gasteiger partial charge in [-0.15, -0.1) is 0 Å². The minimum atomic E-state index is -4.28. The molecule has 3 rings (SSSR count). The molecule has 0 saturated heterocycles. The number of rotatable bonds is 7. The van der Waals surface area contributed by atoms with Crippen molar-refractivity contribution in [2.24, 2.45) is 0 Å². The van der Waals surface area contributed by atoms with Crippen LogP contribution in [0.2, 0.25) is 0 Å². The summed E-state index contributed by atoms with van der Waals surface area (Å²) in [5.74, 6) is -0.401. The van der Waals surface area contributed by atoms with E-state index >= 15 is 0 Å². The summed E-state index contributed by atoms with van der Waals surface area (Å²) in [7, 11) is 0. The molecule has 1 unspecified atom stereocenters. The number of amides is 1. The molecule has 0 bridgehead atoms. The van der Waals surface area contributed by atoms with Crippen LogP contribution in [0.1, 0.15) is 11.1 Å². The number of para-hydroxylation sites is 1. The summed E-state index contributed by atoms with van der Waals surface area (Å²) in [6.07, 6.45) is -3.18. The molecule has 0 aliphatic heterocycles. The lowest BCUT2D eigenvalue weighted by Crippen LogP contribution is -2.49. The van der Waals surface area contributed by atoms with Crippen LogP contribution >= 0.6 is 12.2 Å². The second-order valence-electron chi connectivity index (χ2n) is 7.08. The second kappa shape index (κ2) is 10.2. The van der Waals surface area contributed by atoms with Crippen molar-refractivity contribution in [3.63, 3.8) is 0 Å². The highest BCUT2D eigenvalue weighted by molar-refractivity contribution is 7.80. The first-order valence-corrected chi connectivity index (χ1v) is 10.1. The smallest absolute Gasteiger partial charge is 0.361 e. The summed E-state index contributed by atoms with van der Waals surface area (Å²) in [6, 6.07) is 14.4. The number of fused-ring (bicyclic) bond motifs is 1. The van der Waals surface area contributed by atoms with Gasteiger partial charge < -0.3 is 20.9 Å². The van der Waals surface area contributed by atoms with E-state index in [4.69, 9.17) is 17.5 Å². The number of anilines is 1. The van der Waals surface area contributed by atoms with Gasteiger partial charge in [0, 0.05) is 29.2 Å². The summed E-state index contributed by atoms with van der Waals surface area (Å²) < 4.78 is 37.5. The molecule has 6 nitrogen and oxygen atoms in total. The number of aromatic nitrogens is 1. The SMILES string of the molecule is N#CCNC(=O)C(Cc1c[nH]c2ccccc12)NC(=S)Nc1ccc(CC(F)(F)F)cc1. The minimum Gasteiger partial charge on any atom is -0.361 e. The Bertz CT molecular complexity index is 1130. The first kappa shape index (κ1) is 23.1. The van der Waals surface area contributed by atoms with E-state index in [0.717, 1.165) is 16.5 Å². The largest absolute Gasteiger partial charge is 0.393 e. The van der Waals surface area contributed by atoms with Gasteiger partial charge in [-0.25, -0.2) is 0 Å². The van der Waals surface area contributed by atoms with Crippen LogP contribution in [0.15, 0.2) is 54.7 Å². The topological polar surface area (TPSA) is 92.7 Å². The Kier molecular flexibility index (Phi) is 7.33. The lowest BCUT2D eigenvalue weighted by atomic mass is 10.0. The van der Waals surface area contributed by atoms with Crippen molar-refractivity contribution in [2.45, 2.75) is 25.1 Å². The third-order valence-corrected chi connectivity index (χ3v) is 4.90. The van der Waals surface area contributed by atoms with Crippen molar-refractivity contribution in [1.82, 2.24) is 15.6 Å². The fraction of sp³-hybridized carbons (Fsp3) is 0.227.